The van der Waals surface area contributed by atoms with Crippen molar-refractivity contribution in [1.29, 1.82) is 0 Å². The molecule has 146 valence electrons. The highest BCUT2D eigenvalue weighted by Crippen LogP contribution is 2.26. The van der Waals surface area contributed by atoms with E-state index in [1.54, 1.807) is 12.5 Å². The average molecular weight is 378 g/mol. The molecule has 0 radical (unpaired) electrons. The lowest BCUT2D eigenvalue weighted by molar-refractivity contribution is -0.131. The van der Waals surface area contributed by atoms with Crippen LogP contribution in [0.25, 0.3) is 0 Å². The fraction of sp³-hybridized carbons (Fsp3) is 0.429. The predicted molar refractivity (Wildman–Crippen MR) is 106 cm³/mol. The quantitative estimate of drug-likeness (QED) is 0.683. The van der Waals surface area contributed by atoms with Crippen molar-refractivity contribution in [3.8, 4) is 0 Å². The molecule has 1 aliphatic heterocycles. The molecule has 0 aliphatic carbocycles. The van der Waals surface area contributed by atoms with E-state index in [1.165, 1.54) is 5.56 Å². The first kappa shape index (κ1) is 18.4. The molecular formula is C21H26N6O. The molecule has 4 rings (SSSR count). The fourth-order valence-corrected chi connectivity index (χ4v) is 3.91. The van der Waals surface area contributed by atoms with Crippen LogP contribution in [0.1, 0.15) is 41.5 Å². The van der Waals surface area contributed by atoms with E-state index in [0.29, 0.717) is 19.5 Å². The van der Waals surface area contributed by atoms with Crippen molar-refractivity contribution in [2.45, 2.75) is 38.6 Å². The highest BCUT2D eigenvalue weighted by Gasteiger charge is 2.28. The molecule has 0 saturated carbocycles. The molecule has 3 heterocycles. The van der Waals surface area contributed by atoms with Gasteiger partial charge in [0.25, 0.3) is 0 Å². The fourth-order valence-electron chi connectivity index (χ4n) is 3.91. The summed E-state index contributed by atoms with van der Waals surface area (Å²) in [5, 5.41) is 8.83. The van der Waals surface area contributed by atoms with Crippen LogP contribution in [0.15, 0.2) is 43.0 Å². The van der Waals surface area contributed by atoms with Crippen LogP contribution >= 0.6 is 0 Å². The van der Waals surface area contributed by atoms with Gasteiger partial charge in [-0.25, -0.2) is 4.98 Å². The van der Waals surface area contributed by atoms with Gasteiger partial charge in [0.05, 0.1) is 19.3 Å². The highest BCUT2D eigenvalue weighted by molar-refractivity contribution is 5.79. The van der Waals surface area contributed by atoms with Crippen LogP contribution < -0.4 is 0 Å². The van der Waals surface area contributed by atoms with Gasteiger partial charge >= 0.3 is 0 Å². The van der Waals surface area contributed by atoms with Crippen molar-refractivity contribution in [2.24, 2.45) is 7.05 Å². The Bertz CT molecular complexity index is 946. The summed E-state index contributed by atoms with van der Waals surface area (Å²) in [6, 6.07) is 8.11. The molecule has 1 saturated heterocycles. The molecule has 0 unspecified atom stereocenters. The van der Waals surface area contributed by atoms with Crippen molar-refractivity contribution in [3.63, 3.8) is 0 Å². The van der Waals surface area contributed by atoms with Crippen LogP contribution in [-0.2, 0) is 24.8 Å². The maximum atomic E-state index is 12.9. The normalized spacial score (nSPS) is 17.1. The van der Waals surface area contributed by atoms with E-state index in [-0.39, 0.29) is 11.8 Å². The number of piperidine rings is 1. The Labute approximate surface area is 165 Å². The lowest BCUT2D eigenvalue weighted by Gasteiger charge is -2.32. The molecule has 1 aliphatic rings. The van der Waals surface area contributed by atoms with Crippen molar-refractivity contribution >= 4 is 5.91 Å². The Kier molecular flexibility index (Phi) is 5.23. The van der Waals surface area contributed by atoms with Gasteiger partial charge in [-0.05, 0) is 30.9 Å². The first-order valence-electron chi connectivity index (χ1n) is 9.78. The number of aromatic nitrogens is 5. The van der Waals surface area contributed by atoms with Crippen LogP contribution in [0, 0.1) is 6.92 Å². The third-order valence-corrected chi connectivity index (χ3v) is 5.62. The third-order valence-electron chi connectivity index (χ3n) is 5.62. The van der Waals surface area contributed by atoms with Crippen molar-refractivity contribution in [1.82, 2.24) is 29.2 Å². The van der Waals surface area contributed by atoms with E-state index in [2.05, 4.69) is 32.7 Å². The van der Waals surface area contributed by atoms with Gasteiger partial charge in [0.2, 0.25) is 5.91 Å². The number of aryl methyl sites for hydroxylation is 1. The molecule has 1 aromatic carbocycles. The second-order valence-electron chi connectivity index (χ2n) is 7.55. The minimum absolute atomic E-state index is 0.194. The van der Waals surface area contributed by atoms with E-state index < -0.39 is 0 Å². The number of hydrogen-bond acceptors (Lipinski definition) is 4. The zero-order chi connectivity index (χ0) is 19.5. The number of nitrogens with zero attached hydrogens (tertiary/aromatic N) is 6. The van der Waals surface area contributed by atoms with Gasteiger partial charge in [-0.2, -0.15) is 0 Å². The van der Waals surface area contributed by atoms with Gasteiger partial charge in [0.1, 0.15) is 5.82 Å². The monoisotopic (exact) mass is 378 g/mol. The molecule has 2 aromatic heterocycles. The summed E-state index contributed by atoms with van der Waals surface area (Å²) >= 11 is 0. The Morgan fingerprint density at radius 2 is 2.11 bits per heavy atom. The molecular weight excluding hydrogens is 352 g/mol. The van der Waals surface area contributed by atoms with Crippen LogP contribution in [0.2, 0.25) is 0 Å². The summed E-state index contributed by atoms with van der Waals surface area (Å²) in [6.07, 6.45) is 7.95. The van der Waals surface area contributed by atoms with Crippen molar-refractivity contribution in [2.75, 3.05) is 13.1 Å². The molecule has 1 atom stereocenters. The number of carbonyl (C=O) groups is 1. The molecule has 7 heteroatoms. The van der Waals surface area contributed by atoms with Crippen LogP contribution in [0.4, 0.5) is 0 Å². The summed E-state index contributed by atoms with van der Waals surface area (Å²) in [5.41, 5.74) is 2.28. The molecule has 1 fully saturated rings. The number of amides is 1. The zero-order valence-electron chi connectivity index (χ0n) is 16.5. The lowest BCUT2D eigenvalue weighted by Crippen LogP contribution is -2.40. The van der Waals surface area contributed by atoms with E-state index in [0.717, 1.165) is 36.6 Å². The summed E-state index contributed by atoms with van der Waals surface area (Å²) in [6.45, 7) is 4.23. The summed E-state index contributed by atoms with van der Waals surface area (Å²) in [5.74, 6) is 2.28. The van der Waals surface area contributed by atoms with Crippen LogP contribution in [0.3, 0.4) is 0 Å². The smallest absolute Gasteiger partial charge is 0.227 e. The standard InChI is InChI=1S/C21H26N6O/c1-16-6-3-4-7-17(16)12-20(28)27-10-5-8-18(13-27)21-24-23-19(25(21)2)14-26-11-9-22-15-26/h3-4,6-7,9,11,15,18H,5,8,10,12-14H2,1-2H3/t18-/m1/s1. The summed E-state index contributed by atoms with van der Waals surface area (Å²) in [7, 11) is 2.01. The summed E-state index contributed by atoms with van der Waals surface area (Å²) < 4.78 is 4.05. The molecule has 0 N–H and O–H groups in total. The van der Waals surface area contributed by atoms with Crippen LogP contribution in [0.5, 0.6) is 0 Å². The van der Waals surface area contributed by atoms with Gasteiger partial charge < -0.3 is 14.0 Å². The minimum atomic E-state index is 0.194. The second kappa shape index (κ2) is 7.96. The van der Waals surface area contributed by atoms with E-state index >= 15 is 0 Å². The number of rotatable bonds is 5. The number of imidazole rings is 1. The molecule has 1 amide bonds. The van der Waals surface area contributed by atoms with Crippen molar-refractivity contribution < 1.29 is 4.79 Å². The van der Waals surface area contributed by atoms with E-state index in [4.69, 9.17) is 0 Å². The first-order valence-corrected chi connectivity index (χ1v) is 9.78. The van der Waals surface area contributed by atoms with Gasteiger partial charge in [0.15, 0.2) is 5.82 Å². The Balaban J connectivity index is 1.44. The summed E-state index contributed by atoms with van der Waals surface area (Å²) in [4.78, 5) is 18.9. The predicted octanol–water partition coefficient (Wildman–Crippen LogP) is 2.32. The number of benzene rings is 1. The third kappa shape index (κ3) is 3.83. The highest BCUT2D eigenvalue weighted by atomic mass is 16.2. The van der Waals surface area contributed by atoms with Crippen molar-refractivity contribution in [3.05, 3.63) is 65.8 Å². The zero-order valence-corrected chi connectivity index (χ0v) is 16.5. The Hall–Kier alpha value is -2.96. The molecule has 28 heavy (non-hydrogen) atoms. The number of carbonyl (C=O) groups excluding carboxylic acids is 1. The topological polar surface area (TPSA) is 68.8 Å². The van der Waals surface area contributed by atoms with Gasteiger partial charge in [-0.15, -0.1) is 10.2 Å². The maximum absolute atomic E-state index is 12.9. The maximum Gasteiger partial charge on any atom is 0.227 e. The SMILES string of the molecule is Cc1ccccc1CC(=O)N1CCC[C@@H](c2nnc(Cn3ccnc3)n2C)C1. The molecule has 0 bridgehead atoms. The second-order valence-corrected chi connectivity index (χ2v) is 7.55. The minimum Gasteiger partial charge on any atom is -0.342 e. The van der Waals surface area contributed by atoms with E-state index in [1.807, 2.05) is 40.9 Å². The Morgan fingerprint density at radius 1 is 1.25 bits per heavy atom. The average Bonchev–Trinajstić information content (AvgIpc) is 3.34. The lowest BCUT2D eigenvalue weighted by atomic mass is 9.96. The van der Waals surface area contributed by atoms with E-state index in [9.17, 15) is 4.79 Å². The Morgan fingerprint density at radius 3 is 2.89 bits per heavy atom. The molecule has 3 aromatic rings. The number of hydrogen-bond donors (Lipinski definition) is 0. The first-order chi connectivity index (χ1) is 13.6. The molecule has 0 spiro atoms. The van der Waals surface area contributed by atoms with Gasteiger partial charge in [-0.3, -0.25) is 4.79 Å². The van der Waals surface area contributed by atoms with Gasteiger partial charge in [-0.1, -0.05) is 24.3 Å². The number of likely N-dealkylation sites (tertiary alicyclic amines) is 1. The molecule has 7 nitrogen and oxygen atoms in total. The van der Waals surface area contributed by atoms with Crippen LogP contribution in [-0.4, -0.2) is 48.2 Å². The van der Waals surface area contributed by atoms with Gasteiger partial charge in [0, 0.05) is 38.4 Å². The largest absolute Gasteiger partial charge is 0.342 e.